The number of ether oxygens (including phenoxy) is 1. The Morgan fingerprint density at radius 2 is 1.77 bits per heavy atom. The molecule has 0 aliphatic heterocycles. The van der Waals surface area contributed by atoms with Crippen molar-refractivity contribution in [2.75, 3.05) is 5.32 Å². The Balaban J connectivity index is 1.24. The predicted octanol–water partition coefficient (Wildman–Crippen LogP) is 7.22. The standard InChI is InChI=1S/C31H27N3O5/c1-18-16-24-23(12-13-25(27(24)33-18)31(14-15-31)29(35)36)21-8-10-22(11-9-21)28-26(17-32-39-28)34-30(37)38-19(2)20-6-4-3-5-7-20/h3-13,16-17,19,33H,14-15H2,1-2H3,(H,34,37)(H,35,36). The summed E-state index contributed by atoms with van der Waals surface area (Å²) < 4.78 is 11.0. The summed E-state index contributed by atoms with van der Waals surface area (Å²) in [6.45, 7) is 3.78. The second-order valence-corrected chi connectivity index (χ2v) is 10.0. The molecular weight excluding hydrogens is 494 g/mol. The number of anilines is 1. The number of nitrogens with zero attached hydrogens (tertiary/aromatic N) is 1. The average molecular weight is 522 g/mol. The van der Waals surface area contributed by atoms with Crippen LogP contribution in [0.3, 0.4) is 0 Å². The van der Waals surface area contributed by atoms with E-state index >= 15 is 0 Å². The molecule has 2 aromatic heterocycles. The topological polar surface area (TPSA) is 117 Å². The fourth-order valence-electron chi connectivity index (χ4n) is 5.16. The van der Waals surface area contributed by atoms with E-state index in [2.05, 4.69) is 21.5 Å². The Morgan fingerprint density at radius 3 is 2.46 bits per heavy atom. The van der Waals surface area contributed by atoms with Gasteiger partial charge >= 0.3 is 12.1 Å². The molecule has 1 aliphatic carbocycles. The van der Waals surface area contributed by atoms with Gasteiger partial charge in [0.2, 0.25) is 0 Å². The molecule has 0 spiro atoms. The molecule has 0 bridgehead atoms. The van der Waals surface area contributed by atoms with E-state index < -0.39 is 23.6 Å². The van der Waals surface area contributed by atoms with Gasteiger partial charge in [0.05, 0.1) is 17.1 Å². The van der Waals surface area contributed by atoms with Gasteiger partial charge in [-0.2, -0.15) is 0 Å². The summed E-state index contributed by atoms with van der Waals surface area (Å²) in [7, 11) is 0. The minimum atomic E-state index is -0.798. The number of aromatic amines is 1. The molecule has 1 saturated carbocycles. The summed E-state index contributed by atoms with van der Waals surface area (Å²) in [4.78, 5) is 27.9. The number of aromatic nitrogens is 2. The van der Waals surface area contributed by atoms with Crippen LogP contribution < -0.4 is 5.32 Å². The molecule has 8 nitrogen and oxygen atoms in total. The summed E-state index contributed by atoms with van der Waals surface area (Å²) in [6, 6.07) is 23.2. The van der Waals surface area contributed by atoms with Crippen molar-refractivity contribution < 1.29 is 24.0 Å². The molecule has 3 aromatic carbocycles. The number of aryl methyl sites for hydroxylation is 1. The molecule has 1 unspecified atom stereocenters. The van der Waals surface area contributed by atoms with Crippen molar-refractivity contribution in [2.45, 2.75) is 38.2 Å². The molecule has 0 saturated heterocycles. The number of aliphatic carboxylic acids is 1. The van der Waals surface area contributed by atoms with E-state index in [1.807, 2.05) is 80.6 Å². The van der Waals surface area contributed by atoms with Gasteiger partial charge in [-0.1, -0.05) is 71.9 Å². The number of carboxylic acids is 1. The quantitative estimate of drug-likeness (QED) is 0.208. The first-order valence-electron chi connectivity index (χ1n) is 12.8. The number of carboxylic acid groups (broad SMARTS) is 1. The zero-order valence-corrected chi connectivity index (χ0v) is 21.5. The van der Waals surface area contributed by atoms with Crippen LogP contribution >= 0.6 is 0 Å². The molecule has 1 aliphatic rings. The first-order chi connectivity index (χ1) is 18.9. The number of fused-ring (bicyclic) bond motifs is 1. The summed E-state index contributed by atoms with van der Waals surface area (Å²) in [5, 5.41) is 17.4. The third-order valence-corrected chi connectivity index (χ3v) is 7.42. The smallest absolute Gasteiger partial charge is 0.412 e. The highest BCUT2D eigenvalue weighted by molar-refractivity contribution is 6.01. The number of hydrogen-bond acceptors (Lipinski definition) is 5. The zero-order chi connectivity index (χ0) is 27.1. The number of rotatable bonds is 7. The first-order valence-corrected chi connectivity index (χ1v) is 12.8. The third-order valence-electron chi connectivity index (χ3n) is 7.42. The minimum absolute atomic E-state index is 0.407. The van der Waals surface area contributed by atoms with Gasteiger partial charge in [0, 0.05) is 16.6 Å². The van der Waals surface area contributed by atoms with Crippen molar-refractivity contribution in [3.63, 3.8) is 0 Å². The van der Waals surface area contributed by atoms with Crippen molar-refractivity contribution in [3.8, 4) is 22.5 Å². The van der Waals surface area contributed by atoms with Crippen LogP contribution in [0, 0.1) is 6.92 Å². The fourth-order valence-corrected chi connectivity index (χ4v) is 5.16. The Hall–Kier alpha value is -4.85. The Kier molecular flexibility index (Phi) is 5.95. The van der Waals surface area contributed by atoms with Gasteiger partial charge in [-0.15, -0.1) is 0 Å². The van der Waals surface area contributed by atoms with Gasteiger partial charge in [0.25, 0.3) is 0 Å². The van der Waals surface area contributed by atoms with E-state index in [1.54, 1.807) is 0 Å². The van der Waals surface area contributed by atoms with Crippen LogP contribution in [-0.4, -0.2) is 27.3 Å². The van der Waals surface area contributed by atoms with E-state index in [-0.39, 0.29) is 0 Å². The normalized spacial score (nSPS) is 14.6. The maximum atomic E-state index is 12.5. The van der Waals surface area contributed by atoms with Gasteiger partial charge in [0.1, 0.15) is 11.8 Å². The van der Waals surface area contributed by atoms with Crippen molar-refractivity contribution >= 4 is 28.7 Å². The van der Waals surface area contributed by atoms with Crippen LogP contribution in [-0.2, 0) is 14.9 Å². The maximum absolute atomic E-state index is 12.5. The second kappa shape index (κ2) is 9.47. The van der Waals surface area contributed by atoms with E-state index in [0.717, 1.165) is 44.4 Å². The van der Waals surface area contributed by atoms with E-state index in [4.69, 9.17) is 9.26 Å². The van der Waals surface area contributed by atoms with Crippen molar-refractivity contribution in [2.24, 2.45) is 0 Å². The van der Waals surface area contributed by atoms with Crippen LogP contribution in [0.5, 0.6) is 0 Å². The van der Waals surface area contributed by atoms with Crippen LogP contribution in [0.25, 0.3) is 33.4 Å². The van der Waals surface area contributed by atoms with Crippen LogP contribution in [0.15, 0.2) is 83.5 Å². The lowest BCUT2D eigenvalue weighted by Gasteiger charge is -2.14. The monoisotopic (exact) mass is 521 g/mol. The van der Waals surface area contributed by atoms with E-state index in [1.165, 1.54) is 6.20 Å². The summed E-state index contributed by atoms with van der Waals surface area (Å²) >= 11 is 0. The Morgan fingerprint density at radius 1 is 1.05 bits per heavy atom. The van der Waals surface area contributed by atoms with Crippen LogP contribution in [0.4, 0.5) is 10.5 Å². The number of carbonyl (C=O) groups excluding carboxylic acids is 1. The van der Waals surface area contributed by atoms with Crippen molar-refractivity contribution in [1.29, 1.82) is 0 Å². The van der Waals surface area contributed by atoms with Crippen LogP contribution in [0.1, 0.15) is 42.7 Å². The molecule has 0 radical (unpaired) electrons. The molecule has 6 rings (SSSR count). The van der Waals surface area contributed by atoms with Crippen molar-refractivity contribution in [1.82, 2.24) is 10.1 Å². The molecular formula is C31H27N3O5. The molecule has 196 valence electrons. The van der Waals surface area contributed by atoms with E-state index in [0.29, 0.717) is 24.3 Å². The van der Waals surface area contributed by atoms with Gasteiger partial charge in [-0.25, -0.2) is 4.79 Å². The number of benzene rings is 3. The molecule has 8 heteroatoms. The maximum Gasteiger partial charge on any atom is 0.412 e. The molecule has 39 heavy (non-hydrogen) atoms. The van der Waals surface area contributed by atoms with E-state index in [9.17, 15) is 14.7 Å². The number of H-pyrrole nitrogens is 1. The average Bonchev–Trinajstić information content (AvgIpc) is 3.46. The number of carbonyl (C=O) groups is 2. The Bertz CT molecular complexity index is 1680. The highest BCUT2D eigenvalue weighted by atomic mass is 16.6. The highest BCUT2D eigenvalue weighted by Gasteiger charge is 2.52. The predicted molar refractivity (Wildman–Crippen MR) is 147 cm³/mol. The molecule has 1 fully saturated rings. The van der Waals surface area contributed by atoms with Crippen molar-refractivity contribution in [3.05, 3.63) is 95.8 Å². The second-order valence-electron chi connectivity index (χ2n) is 10.0. The Labute approximate surface area is 224 Å². The summed E-state index contributed by atoms with van der Waals surface area (Å²) in [6.07, 6.45) is 1.72. The minimum Gasteiger partial charge on any atom is -0.481 e. The summed E-state index contributed by atoms with van der Waals surface area (Å²) in [5.41, 5.74) is 5.90. The highest BCUT2D eigenvalue weighted by Crippen LogP contribution is 2.51. The largest absolute Gasteiger partial charge is 0.481 e. The van der Waals surface area contributed by atoms with Gasteiger partial charge in [0.15, 0.2) is 5.76 Å². The molecule has 5 aromatic rings. The molecule has 2 heterocycles. The molecule has 1 atom stereocenters. The zero-order valence-electron chi connectivity index (χ0n) is 21.5. The lowest BCUT2D eigenvalue weighted by Crippen LogP contribution is -2.19. The number of hydrogen-bond donors (Lipinski definition) is 3. The SMILES string of the molecule is Cc1cc2c(-c3ccc(-c4oncc4NC(=O)OC(C)c4ccccc4)cc3)ccc(C3(C(=O)O)CC3)c2[nH]1. The summed E-state index contributed by atoms with van der Waals surface area (Å²) in [5.74, 6) is -0.357. The molecule has 3 N–H and O–H groups in total. The number of amides is 1. The van der Waals surface area contributed by atoms with Gasteiger partial charge in [-0.3, -0.25) is 10.1 Å². The fraction of sp³-hybridized carbons (Fsp3) is 0.194. The lowest BCUT2D eigenvalue weighted by molar-refractivity contribution is -0.140. The van der Waals surface area contributed by atoms with Crippen LogP contribution in [0.2, 0.25) is 0 Å². The molecule has 1 amide bonds. The van der Waals surface area contributed by atoms with Gasteiger partial charge < -0.3 is 19.4 Å². The lowest BCUT2D eigenvalue weighted by atomic mass is 9.90. The van der Waals surface area contributed by atoms with Gasteiger partial charge in [-0.05, 0) is 55.0 Å². The first kappa shape index (κ1) is 24.5. The number of nitrogens with one attached hydrogen (secondary N) is 2. The third kappa shape index (κ3) is 4.44.